The quantitative estimate of drug-likeness (QED) is 0.491. The van der Waals surface area contributed by atoms with Crippen LogP contribution in [0.25, 0.3) is 0 Å². The minimum Gasteiger partial charge on any atom is -0.385 e. The van der Waals surface area contributed by atoms with E-state index in [0.717, 1.165) is 19.6 Å². The van der Waals surface area contributed by atoms with Crippen LogP contribution in [-0.4, -0.2) is 51.3 Å². The average molecular weight is 326 g/mol. The first-order chi connectivity index (χ1) is 10.8. The molecule has 1 rings (SSSR count). The summed E-state index contributed by atoms with van der Waals surface area (Å²) < 4.78 is 5.26. The molecule has 0 atom stereocenters. The standard InChI is InChI=1S/C17H34N4O2/c1-16(2,3)21-14(22)12-19-15(18-4)20-13-17(10-11-23-5)8-6-7-9-17/h6-13H2,1-5H3,(H,21,22)(H2,18,19,20). The van der Waals surface area contributed by atoms with E-state index in [0.29, 0.717) is 11.4 Å². The Morgan fingerprint density at radius 2 is 1.87 bits per heavy atom. The first kappa shape index (κ1) is 19.7. The lowest BCUT2D eigenvalue weighted by Crippen LogP contribution is -2.49. The van der Waals surface area contributed by atoms with Crippen molar-refractivity contribution in [2.45, 2.75) is 58.4 Å². The fourth-order valence-electron chi connectivity index (χ4n) is 3.08. The highest BCUT2D eigenvalue weighted by molar-refractivity contribution is 5.86. The second-order valence-electron chi connectivity index (χ2n) is 7.53. The van der Waals surface area contributed by atoms with Crippen LogP contribution in [0.4, 0.5) is 0 Å². The Bertz CT molecular complexity index is 396. The maximum Gasteiger partial charge on any atom is 0.239 e. The van der Waals surface area contributed by atoms with Crippen LogP contribution in [0.1, 0.15) is 52.9 Å². The molecule has 0 bridgehead atoms. The Balaban J connectivity index is 2.42. The van der Waals surface area contributed by atoms with Gasteiger partial charge in [0.25, 0.3) is 0 Å². The maximum atomic E-state index is 11.9. The highest BCUT2D eigenvalue weighted by Gasteiger charge is 2.33. The lowest BCUT2D eigenvalue weighted by atomic mass is 9.83. The third-order valence-electron chi connectivity index (χ3n) is 4.29. The Labute approximate surface area is 140 Å². The van der Waals surface area contributed by atoms with Crippen molar-refractivity contribution < 1.29 is 9.53 Å². The second-order valence-corrected chi connectivity index (χ2v) is 7.53. The van der Waals surface area contributed by atoms with Gasteiger partial charge in [0, 0.05) is 32.8 Å². The molecular formula is C17H34N4O2. The summed E-state index contributed by atoms with van der Waals surface area (Å²) in [5.41, 5.74) is 0.0745. The summed E-state index contributed by atoms with van der Waals surface area (Å²) in [5.74, 6) is 0.646. The van der Waals surface area contributed by atoms with E-state index in [1.54, 1.807) is 14.2 Å². The van der Waals surface area contributed by atoms with Crippen molar-refractivity contribution in [3.05, 3.63) is 0 Å². The Hall–Kier alpha value is -1.30. The second kappa shape index (κ2) is 9.11. The number of nitrogens with zero attached hydrogens (tertiary/aromatic N) is 1. The number of hydrogen-bond donors (Lipinski definition) is 3. The Morgan fingerprint density at radius 1 is 1.22 bits per heavy atom. The molecule has 134 valence electrons. The summed E-state index contributed by atoms with van der Waals surface area (Å²) in [6, 6.07) is 0. The van der Waals surface area contributed by atoms with Gasteiger partial charge < -0.3 is 20.7 Å². The number of carbonyl (C=O) groups excluding carboxylic acids is 1. The number of ether oxygens (including phenoxy) is 1. The lowest BCUT2D eigenvalue weighted by molar-refractivity contribution is -0.121. The molecule has 0 spiro atoms. The third-order valence-corrected chi connectivity index (χ3v) is 4.29. The van der Waals surface area contributed by atoms with Crippen LogP contribution in [0.15, 0.2) is 4.99 Å². The van der Waals surface area contributed by atoms with Crippen LogP contribution in [0.3, 0.4) is 0 Å². The smallest absolute Gasteiger partial charge is 0.239 e. The molecule has 0 aromatic carbocycles. The van der Waals surface area contributed by atoms with E-state index < -0.39 is 0 Å². The third kappa shape index (κ3) is 7.68. The van der Waals surface area contributed by atoms with Crippen LogP contribution in [-0.2, 0) is 9.53 Å². The first-order valence-corrected chi connectivity index (χ1v) is 8.55. The summed E-state index contributed by atoms with van der Waals surface area (Å²) in [5, 5.41) is 9.40. The predicted octanol–water partition coefficient (Wildman–Crippen LogP) is 1.66. The largest absolute Gasteiger partial charge is 0.385 e. The number of rotatable bonds is 7. The molecule has 3 N–H and O–H groups in total. The number of hydrogen-bond acceptors (Lipinski definition) is 3. The van der Waals surface area contributed by atoms with Gasteiger partial charge in [-0.05, 0) is 45.4 Å². The minimum atomic E-state index is -0.218. The van der Waals surface area contributed by atoms with Crippen LogP contribution in [0.2, 0.25) is 0 Å². The number of aliphatic imine (C=N–C) groups is 1. The van der Waals surface area contributed by atoms with E-state index in [1.165, 1.54) is 25.7 Å². The fourth-order valence-corrected chi connectivity index (χ4v) is 3.08. The van der Waals surface area contributed by atoms with Crippen molar-refractivity contribution >= 4 is 11.9 Å². The normalized spacial score (nSPS) is 17.9. The van der Waals surface area contributed by atoms with E-state index in [9.17, 15) is 4.79 Å². The van der Waals surface area contributed by atoms with E-state index in [2.05, 4.69) is 20.9 Å². The maximum absolute atomic E-state index is 11.9. The zero-order valence-electron chi connectivity index (χ0n) is 15.4. The van der Waals surface area contributed by atoms with Crippen LogP contribution < -0.4 is 16.0 Å². The SMILES string of the molecule is CN=C(NCC(=O)NC(C)(C)C)NCC1(CCOC)CCCC1. The number of methoxy groups -OCH3 is 1. The van der Waals surface area contributed by atoms with Crippen molar-refractivity contribution in [2.75, 3.05) is 33.9 Å². The average Bonchev–Trinajstić information content (AvgIpc) is 2.93. The molecule has 0 saturated heterocycles. The molecule has 0 heterocycles. The van der Waals surface area contributed by atoms with Gasteiger partial charge in [0.15, 0.2) is 5.96 Å². The van der Waals surface area contributed by atoms with Gasteiger partial charge in [-0.2, -0.15) is 0 Å². The molecule has 0 aromatic rings. The van der Waals surface area contributed by atoms with Crippen LogP contribution in [0.5, 0.6) is 0 Å². The predicted molar refractivity (Wildman–Crippen MR) is 94.7 cm³/mol. The molecule has 0 radical (unpaired) electrons. The number of nitrogens with one attached hydrogen (secondary N) is 3. The summed E-state index contributed by atoms with van der Waals surface area (Å²) in [4.78, 5) is 16.1. The molecule has 1 saturated carbocycles. The lowest BCUT2D eigenvalue weighted by Gasteiger charge is -2.30. The molecule has 0 unspecified atom stereocenters. The molecule has 0 aliphatic heterocycles. The monoisotopic (exact) mass is 326 g/mol. The molecule has 6 heteroatoms. The van der Waals surface area contributed by atoms with Gasteiger partial charge in [0.1, 0.15) is 0 Å². The van der Waals surface area contributed by atoms with Gasteiger partial charge in [-0.3, -0.25) is 9.79 Å². The summed E-state index contributed by atoms with van der Waals surface area (Å²) in [6.45, 7) is 7.80. The molecule has 1 fully saturated rings. The van der Waals surface area contributed by atoms with E-state index in [-0.39, 0.29) is 18.0 Å². The number of amides is 1. The fraction of sp³-hybridized carbons (Fsp3) is 0.882. The molecule has 1 aliphatic carbocycles. The highest BCUT2D eigenvalue weighted by atomic mass is 16.5. The number of carbonyl (C=O) groups is 1. The van der Waals surface area contributed by atoms with Crippen molar-refractivity contribution in [3.63, 3.8) is 0 Å². The molecule has 1 aliphatic rings. The van der Waals surface area contributed by atoms with E-state index in [1.807, 2.05) is 20.8 Å². The summed E-state index contributed by atoms with van der Waals surface area (Å²) in [7, 11) is 3.48. The first-order valence-electron chi connectivity index (χ1n) is 8.55. The topological polar surface area (TPSA) is 74.8 Å². The van der Waals surface area contributed by atoms with Crippen molar-refractivity contribution in [1.82, 2.24) is 16.0 Å². The van der Waals surface area contributed by atoms with Crippen molar-refractivity contribution in [2.24, 2.45) is 10.4 Å². The summed E-state index contributed by atoms with van der Waals surface area (Å²) in [6.07, 6.45) is 6.09. The zero-order valence-corrected chi connectivity index (χ0v) is 15.4. The van der Waals surface area contributed by atoms with Gasteiger partial charge >= 0.3 is 0 Å². The van der Waals surface area contributed by atoms with Crippen LogP contribution >= 0.6 is 0 Å². The van der Waals surface area contributed by atoms with Gasteiger partial charge in [0.2, 0.25) is 5.91 Å². The Kier molecular flexibility index (Phi) is 7.82. The Morgan fingerprint density at radius 3 is 2.39 bits per heavy atom. The van der Waals surface area contributed by atoms with Crippen LogP contribution in [0, 0.1) is 5.41 Å². The molecule has 1 amide bonds. The van der Waals surface area contributed by atoms with Gasteiger partial charge in [0.05, 0.1) is 6.54 Å². The molecule has 23 heavy (non-hydrogen) atoms. The molecular weight excluding hydrogens is 292 g/mol. The van der Waals surface area contributed by atoms with Crippen molar-refractivity contribution in [1.29, 1.82) is 0 Å². The highest BCUT2D eigenvalue weighted by Crippen LogP contribution is 2.40. The van der Waals surface area contributed by atoms with Gasteiger partial charge in [-0.1, -0.05) is 12.8 Å². The number of guanidine groups is 1. The van der Waals surface area contributed by atoms with E-state index >= 15 is 0 Å². The van der Waals surface area contributed by atoms with Crippen molar-refractivity contribution in [3.8, 4) is 0 Å². The van der Waals surface area contributed by atoms with Gasteiger partial charge in [-0.15, -0.1) is 0 Å². The summed E-state index contributed by atoms with van der Waals surface area (Å²) >= 11 is 0. The van der Waals surface area contributed by atoms with Gasteiger partial charge in [-0.25, -0.2) is 0 Å². The molecule has 0 aromatic heterocycles. The van der Waals surface area contributed by atoms with E-state index in [4.69, 9.17) is 4.74 Å². The zero-order chi connectivity index (χ0) is 17.3. The molecule has 6 nitrogen and oxygen atoms in total. The minimum absolute atomic E-state index is 0.0320.